The standard InChI is InChI=1S/C18H27N3O2/c22-18(16-6-8-19-9-7-16)21-12-10-20(11-13-21)14-15-23-17-4-2-1-3-5-17/h1-5,16,19H,6-15H2. The quantitative estimate of drug-likeness (QED) is 0.887. The fourth-order valence-electron chi connectivity index (χ4n) is 3.33. The molecule has 23 heavy (non-hydrogen) atoms. The Morgan fingerprint density at radius 1 is 1.09 bits per heavy atom. The zero-order valence-electron chi connectivity index (χ0n) is 13.7. The summed E-state index contributed by atoms with van der Waals surface area (Å²) in [6.45, 7) is 7.20. The van der Waals surface area contributed by atoms with Gasteiger partial charge in [0.1, 0.15) is 12.4 Å². The van der Waals surface area contributed by atoms with E-state index >= 15 is 0 Å². The van der Waals surface area contributed by atoms with Crippen molar-refractivity contribution in [1.82, 2.24) is 15.1 Å². The third kappa shape index (κ3) is 4.69. The van der Waals surface area contributed by atoms with E-state index in [1.807, 2.05) is 30.3 Å². The molecule has 5 nitrogen and oxygen atoms in total. The van der Waals surface area contributed by atoms with Crippen LogP contribution < -0.4 is 10.1 Å². The molecule has 1 N–H and O–H groups in total. The van der Waals surface area contributed by atoms with Gasteiger partial charge in [0.25, 0.3) is 0 Å². The molecule has 1 amide bonds. The maximum Gasteiger partial charge on any atom is 0.225 e. The van der Waals surface area contributed by atoms with Crippen LogP contribution >= 0.6 is 0 Å². The van der Waals surface area contributed by atoms with Crippen LogP contribution in [0.2, 0.25) is 0 Å². The van der Waals surface area contributed by atoms with E-state index in [9.17, 15) is 4.79 Å². The SMILES string of the molecule is O=C(C1CCNCC1)N1CCN(CCOc2ccccc2)CC1. The first kappa shape index (κ1) is 16.3. The number of hydrogen-bond donors (Lipinski definition) is 1. The number of nitrogens with one attached hydrogen (secondary N) is 1. The maximum absolute atomic E-state index is 12.5. The second-order valence-corrected chi connectivity index (χ2v) is 6.35. The van der Waals surface area contributed by atoms with Gasteiger partial charge in [-0.3, -0.25) is 9.69 Å². The molecule has 2 heterocycles. The molecular formula is C18H27N3O2. The Bertz CT molecular complexity index is 480. The summed E-state index contributed by atoms with van der Waals surface area (Å²) in [7, 11) is 0. The molecule has 3 rings (SSSR count). The molecular weight excluding hydrogens is 290 g/mol. The molecule has 1 aromatic carbocycles. The minimum absolute atomic E-state index is 0.240. The van der Waals surface area contributed by atoms with Gasteiger partial charge in [-0.2, -0.15) is 0 Å². The van der Waals surface area contributed by atoms with Crippen LogP contribution in [0.3, 0.4) is 0 Å². The summed E-state index contributed by atoms with van der Waals surface area (Å²) >= 11 is 0. The first-order valence-corrected chi connectivity index (χ1v) is 8.72. The highest BCUT2D eigenvalue weighted by molar-refractivity contribution is 5.79. The summed E-state index contributed by atoms with van der Waals surface area (Å²) in [5, 5.41) is 3.32. The molecule has 126 valence electrons. The lowest BCUT2D eigenvalue weighted by atomic mass is 9.96. The van der Waals surface area contributed by atoms with Crippen molar-refractivity contribution in [3.8, 4) is 5.75 Å². The van der Waals surface area contributed by atoms with Crippen LogP contribution in [0.15, 0.2) is 30.3 Å². The van der Waals surface area contributed by atoms with Crippen molar-refractivity contribution in [3.05, 3.63) is 30.3 Å². The molecule has 5 heteroatoms. The number of rotatable bonds is 5. The van der Waals surface area contributed by atoms with Gasteiger partial charge in [-0.25, -0.2) is 0 Å². The molecule has 2 aliphatic heterocycles. The summed E-state index contributed by atoms with van der Waals surface area (Å²) < 4.78 is 5.75. The van der Waals surface area contributed by atoms with E-state index in [4.69, 9.17) is 4.74 Å². The smallest absolute Gasteiger partial charge is 0.225 e. The van der Waals surface area contributed by atoms with Crippen LogP contribution in [-0.4, -0.2) is 68.1 Å². The van der Waals surface area contributed by atoms with Crippen LogP contribution in [0.25, 0.3) is 0 Å². The summed E-state index contributed by atoms with van der Waals surface area (Å²) in [5.74, 6) is 1.53. The molecule has 0 spiro atoms. The number of benzene rings is 1. The summed E-state index contributed by atoms with van der Waals surface area (Å²) in [6, 6.07) is 9.93. The summed E-state index contributed by atoms with van der Waals surface area (Å²) in [6.07, 6.45) is 1.98. The monoisotopic (exact) mass is 317 g/mol. The molecule has 2 aliphatic rings. The molecule has 0 radical (unpaired) electrons. The fraction of sp³-hybridized carbons (Fsp3) is 0.611. The molecule has 2 saturated heterocycles. The number of piperazine rings is 1. The van der Waals surface area contributed by atoms with Gasteiger partial charge >= 0.3 is 0 Å². The van der Waals surface area contributed by atoms with E-state index in [1.54, 1.807) is 0 Å². The predicted molar refractivity (Wildman–Crippen MR) is 90.6 cm³/mol. The zero-order chi connectivity index (χ0) is 15.9. The lowest BCUT2D eigenvalue weighted by molar-refractivity contribution is -0.138. The second kappa shape index (κ2) is 8.31. The largest absolute Gasteiger partial charge is 0.492 e. The third-order valence-electron chi connectivity index (χ3n) is 4.79. The molecule has 0 aliphatic carbocycles. The van der Waals surface area contributed by atoms with E-state index in [1.165, 1.54) is 0 Å². The van der Waals surface area contributed by atoms with Gasteiger partial charge in [0.05, 0.1) is 0 Å². The van der Waals surface area contributed by atoms with Gasteiger partial charge in [-0.05, 0) is 38.1 Å². The van der Waals surface area contributed by atoms with Crippen LogP contribution in [0.1, 0.15) is 12.8 Å². The van der Waals surface area contributed by atoms with Gasteiger partial charge in [-0.1, -0.05) is 18.2 Å². The number of hydrogen-bond acceptors (Lipinski definition) is 4. The highest BCUT2D eigenvalue weighted by Crippen LogP contribution is 2.16. The molecule has 0 bridgehead atoms. The molecule has 1 aromatic rings. The Kier molecular flexibility index (Phi) is 5.88. The normalized spacial score (nSPS) is 20.4. The Balaban J connectivity index is 1.36. The van der Waals surface area contributed by atoms with Gasteiger partial charge < -0.3 is 15.0 Å². The Labute approximate surface area is 138 Å². The van der Waals surface area contributed by atoms with E-state index < -0.39 is 0 Å². The number of piperidine rings is 1. The van der Waals surface area contributed by atoms with E-state index in [0.717, 1.165) is 64.4 Å². The maximum atomic E-state index is 12.5. The van der Waals surface area contributed by atoms with E-state index in [2.05, 4.69) is 15.1 Å². The highest BCUT2D eigenvalue weighted by atomic mass is 16.5. The van der Waals surface area contributed by atoms with E-state index in [0.29, 0.717) is 12.5 Å². The van der Waals surface area contributed by atoms with Crippen molar-refractivity contribution < 1.29 is 9.53 Å². The first-order valence-electron chi connectivity index (χ1n) is 8.72. The van der Waals surface area contributed by atoms with Crippen LogP contribution in [-0.2, 0) is 4.79 Å². The minimum Gasteiger partial charge on any atom is -0.492 e. The number of nitrogens with zero attached hydrogens (tertiary/aromatic N) is 2. The molecule has 0 unspecified atom stereocenters. The van der Waals surface area contributed by atoms with Crippen molar-refractivity contribution in [2.24, 2.45) is 5.92 Å². The number of carbonyl (C=O) groups is 1. The van der Waals surface area contributed by atoms with Crippen LogP contribution in [0, 0.1) is 5.92 Å². The van der Waals surface area contributed by atoms with Crippen molar-refractivity contribution in [2.75, 3.05) is 52.4 Å². The van der Waals surface area contributed by atoms with Gasteiger partial charge in [-0.15, -0.1) is 0 Å². The third-order valence-corrected chi connectivity index (χ3v) is 4.79. The highest BCUT2D eigenvalue weighted by Gasteiger charge is 2.28. The molecule has 0 saturated carbocycles. The Hall–Kier alpha value is -1.59. The minimum atomic E-state index is 0.240. The van der Waals surface area contributed by atoms with Crippen molar-refractivity contribution in [2.45, 2.75) is 12.8 Å². The number of para-hydroxylation sites is 1. The number of carbonyl (C=O) groups excluding carboxylic acids is 1. The van der Waals surface area contributed by atoms with Crippen LogP contribution in [0.5, 0.6) is 5.75 Å². The average molecular weight is 317 g/mol. The number of amides is 1. The fourth-order valence-corrected chi connectivity index (χ4v) is 3.33. The van der Waals surface area contributed by atoms with Crippen LogP contribution in [0.4, 0.5) is 0 Å². The van der Waals surface area contributed by atoms with Crippen molar-refractivity contribution in [3.63, 3.8) is 0 Å². The van der Waals surface area contributed by atoms with Gasteiger partial charge in [0.15, 0.2) is 0 Å². The molecule has 2 fully saturated rings. The molecule has 0 atom stereocenters. The second-order valence-electron chi connectivity index (χ2n) is 6.35. The Morgan fingerprint density at radius 2 is 1.78 bits per heavy atom. The summed E-state index contributed by atoms with van der Waals surface area (Å²) in [5.41, 5.74) is 0. The van der Waals surface area contributed by atoms with Gasteiger partial charge in [0, 0.05) is 38.6 Å². The van der Waals surface area contributed by atoms with E-state index in [-0.39, 0.29) is 5.92 Å². The van der Waals surface area contributed by atoms with Crippen molar-refractivity contribution in [1.29, 1.82) is 0 Å². The van der Waals surface area contributed by atoms with Crippen molar-refractivity contribution >= 4 is 5.91 Å². The predicted octanol–water partition coefficient (Wildman–Crippen LogP) is 1.21. The number of ether oxygens (including phenoxy) is 1. The first-order chi connectivity index (χ1) is 11.3. The lowest BCUT2D eigenvalue weighted by Gasteiger charge is -2.37. The summed E-state index contributed by atoms with van der Waals surface area (Å²) in [4.78, 5) is 17.0. The lowest BCUT2D eigenvalue weighted by Crippen LogP contribution is -2.52. The zero-order valence-corrected chi connectivity index (χ0v) is 13.7. The average Bonchev–Trinajstić information content (AvgIpc) is 2.63. The topological polar surface area (TPSA) is 44.8 Å². The molecule has 0 aromatic heterocycles. The Morgan fingerprint density at radius 3 is 2.48 bits per heavy atom. The van der Waals surface area contributed by atoms with Gasteiger partial charge in [0.2, 0.25) is 5.91 Å².